The summed E-state index contributed by atoms with van der Waals surface area (Å²) in [6.45, 7) is -2.97. The van der Waals surface area contributed by atoms with Crippen LogP contribution in [0.4, 0.5) is 8.78 Å². The molecule has 1 aromatic carbocycles. The SMILES string of the molecule is O=C(O)/C=C/c1cc(OC(F)F)c2nc[nH]c2c1. The van der Waals surface area contributed by atoms with Crippen LogP contribution < -0.4 is 4.74 Å². The maximum Gasteiger partial charge on any atom is 0.387 e. The molecule has 0 aliphatic heterocycles. The van der Waals surface area contributed by atoms with E-state index in [1.807, 2.05) is 0 Å². The van der Waals surface area contributed by atoms with E-state index in [2.05, 4.69) is 14.7 Å². The van der Waals surface area contributed by atoms with Gasteiger partial charge in [-0.25, -0.2) is 9.78 Å². The second-order valence-corrected chi connectivity index (χ2v) is 3.37. The number of fused-ring (bicyclic) bond motifs is 1. The molecule has 0 aliphatic rings. The number of aromatic nitrogens is 2. The molecule has 0 atom stereocenters. The summed E-state index contributed by atoms with van der Waals surface area (Å²) in [4.78, 5) is 17.0. The molecule has 5 nitrogen and oxygen atoms in total. The lowest BCUT2D eigenvalue weighted by Gasteiger charge is -2.06. The molecule has 0 bridgehead atoms. The Balaban J connectivity index is 2.46. The summed E-state index contributed by atoms with van der Waals surface area (Å²) >= 11 is 0. The maximum absolute atomic E-state index is 12.2. The molecule has 18 heavy (non-hydrogen) atoms. The summed E-state index contributed by atoms with van der Waals surface area (Å²) in [6.07, 6.45) is 3.53. The van der Waals surface area contributed by atoms with E-state index in [1.54, 1.807) is 6.07 Å². The second-order valence-electron chi connectivity index (χ2n) is 3.37. The molecule has 94 valence electrons. The summed E-state index contributed by atoms with van der Waals surface area (Å²) in [5.74, 6) is -1.23. The van der Waals surface area contributed by atoms with Crippen molar-refractivity contribution >= 4 is 23.1 Å². The van der Waals surface area contributed by atoms with Gasteiger partial charge in [0.1, 0.15) is 5.52 Å². The second kappa shape index (κ2) is 4.82. The third-order valence-corrected chi connectivity index (χ3v) is 2.15. The highest BCUT2D eigenvalue weighted by Crippen LogP contribution is 2.27. The van der Waals surface area contributed by atoms with E-state index in [9.17, 15) is 13.6 Å². The first-order chi connectivity index (χ1) is 8.56. The maximum atomic E-state index is 12.2. The number of ether oxygens (including phenoxy) is 1. The van der Waals surface area contributed by atoms with Crippen LogP contribution >= 0.6 is 0 Å². The monoisotopic (exact) mass is 254 g/mol. The third kappa shape index (κ3) is 2.62. The summed E-state index contributed by atoms with van der Waals surface area (Å²) < 4.78 is 28.8. The van der Waals surface area contributed by atoms with Gasteiger partial charge in [-0.3, -0.25) is 0 Å². The predicted molar refractivity (Wildman–Crippen MR) is 59.4 cm³/mol. The van der Waals surface area contributed by atoms with Crippen molar-refractivity contribution in [3.05, 3.63) is 30.1 Å². The Morgan fingerprint density at radius 2 is 2.28 bits per heavy atom. The number of carboxylic acids is 1. The molecule has 0 unspecified atom stereocenters. The fourth-order valence-electron chi connectivity index (χ4n) is 1.49. The molecule has 1 heterocycles. The smallest absolute Gasteiger partial charge is 0.387 e. The highest BCUT2D eigenvalue weighted by Gasteiger charge is 2.11. The number of carbonyl (C=O) groups is 1. The van der Waals surface area contributed by atoms with Gasteiger partial charge in [0.25, 0.3) is 0 Å². The molecule has 2 rings (SSSR count). The van der Waals surface area contributed by atoms with Gasteiger partial charge in [0.2, 0.25) is 0 Å². The lowest BCUT2D eigenvalue weighted by molar-refractivity contribution is -0.131. The van der Waals surface area contributed by atoms with Gasteiger partial charge in [-0.05, 0) is 23.8 Å². The van der Waals surface area contributed by atoms with Crippen LogP contribution in [0.2, 0.25) is 0 Å². The molecule has 1 aromatic heterocycles. The van der Waals surface area contributed by atoms with Crippen molar-refractivity contribution in [1.29, 1.82) is 0 Å². The number of benzene rings is 1. The number of nitrogens with zero attached hydrogens (tertiary/aromatic N) is 1. The number of carboxylic acid groups (broad SMARTS) is 1. The standard InChI is InChI=1S/C11H8F2N2O3/c12-11(13)18-8-4-6(1-2-9(16)17)3-7-10(8)15-5-14-7/h1-5,11H,(H,14,15)(H,16,17)/b2-1+. The molecule has 0 aliphatic carbocycles. The summed E-state index contributed by atoms with van der Waals surface area (Å²) in [5, 5.41) is 8.50. The van der Waals surface area contributed by atoms with E-state index in [4.69, 9.17) is 5.11 Å². The number of nitrogens with one attached hydrogen (secondary N) is 1. The zero-order valence-corrected chi connectivity index (χ0v) is 8.93. The van der Waals surface area contributed by atoms with Crippen molar-refractivity contribution < 1.29 is 23.4 Å². The molecule has 2 aromatic rings. The number of alkyl halides is 2. The van der Waals surface area contributed by atoms with Crippen molar-refractivity contribution in [2.24, 2.45) is 0 Å². The number of imidazole rings is 1. The number of hydrogen-bond acceptors (Lipinski definition) is 3. The lowest BCUT2D eigenvalue weighted by Crippen LogP contribution is -2.02. The van der Waals surface area contributed by atoms with Crippen LogP contribution in [0.1, 0.15) is 5.56 Å². The van der Waals surface area contributed by atoms with Crippen molar-refractivity contribution in [3.63, 3.8) is 0 Å². The molecule has 2 N–H and O–H groups in total. The molecule has 7 heteroatoms. The molecule has 0 spiro atoms. The minimum atomic E-state index is -2.97. The number of aromatic amines is 1. The number of hydrogen-bond donors (Lipinski definition) is 2. The summed E-state index contributed by atoms with van der Waals surface area (Å²) in [7, 11) is 0. The molecule has 0 fully saturated rings. The van der Waals surface area contributed by atoms with Crippen LogP contribution in [0.5, 0.6) is 5.75 Å². The van der Waals surface area contributed by atoms with Crippen molar-refractivity contribution in [3.8, 4) is 5.75 Å². The number of aliphatic carboxylic acids is 1. The van der Waals surface area contributed by atoms with Crippen LogP contribution in [-0.4, -0.2) is 27.7 Å². The Hall–Kier alpha value is -2.44. The first-order valence-corrected chi connectivity index (χ1v) is 4.89. The molecule has 0 saturated carbocycles. The van der Waals surface area contributed by atoms with Crippen molar-refractivity contribution in [2.75, 3.05) is 0 Å². The third-order valence-electron chi connectivity index (χ3n) is 2.15. The van der Waals surface area contributed by atoms with Gasteiger partial charge in [0, 0.05) is 6.08 Å². The first kappa shape index (κ1) is 12.0. The van der Waals surface area contributed by atoms with Gasteiger partial charge in [0.05, 0.1) is 11.8 Å². The number of rotatable bonds is 4. The number of halogens is 2. The van der Waals surface area contributed by atoms with Crippen molar-refractivity contribution in [1.82, 2.24) is 9.97 Å². The van der Waals surface area contributed by atoms with E-state index in [0.717, 1.165) is 6.08 Å². The Morgan fingerprint density at radius 3 is 2.94 bits per heavy atom. The van der Waals surface area contributed by atoms with E-state index in [1.165, 1.54) is 18.5 Å². The van der Waals surface area contributed by atoms with Gasteiger partial charge in [0.15, 0.2) is 5.75 Å². The molecular weight excluding hydrogens is 246 g/mol. The largest absolute Gasteiger partial charge is 0.478 e. The highest BCUT2D eigenvalue weighted by atomic mass is 19.3. The van der Waals surface area contributed by atoms with E-state index in [0.29, 0.717) is 11.1 Å². The Bertz CT molecular complexity index is 607. The average Bonchev–Trinajstić information content (AvgIpc) is 2.73. The topological polar surface area (TPSA) is 75.2 Å². The van der Waals surface area contributed by atoms with Crippen LogP contribution in [0, 0.1) is 0 Å². The van der Waals surface area contributed by atoms with Gasteiger partial charge < -0.3 is 14.8 Å². The normalized spacial score (nSPS) is 11.5. The zero-order valence-electron chi connectivity index (χ0n) is 8.93. The minimum Gasteiger partial charge on any atom is -0.478 e. The average molecular weight is 254 g/mol. The molecule has 0 amide bonds. The van der Waals surface area contributed by atoms with Crippen LogP contribution in [0.25, 0.3) is 17.1 Å². The Labute approximate surface area is 99.7 Å². The molecular formula is C11H8F2N2O3. The van der Waals surface area contributed by atoms with E-state index >= 15 is 0 Å². The Kier molecular flexibility index (Phi) is 3.22. The van der Waals surface area contributed by atoms with Gasteiger partial charge in [-0.1, -0.05) is 0 Å². The number of H-pyrrole nitrogens is 1. The van der Waals surface area contributed by atoms with Gasteiger partial charge in [-0.15, -0.1) is 0 Å². The molecule has 0 saturated heterocycles. The lowest BCUT2D eigenvalue weighted by atomic mass is 10.1. The molecule has 0 radical (unpaired) electrons. The quantitative estimate of drug-likeness (QED) is 0.820. The zero-order chi connectivity index (χ0) is 13.1. The van der Waals surface area contributed by atoms with Gasteiger partial charge >= 0.3 is 12.6 Å². The predicted octanol–water partition coefficient (Wildman–Crippen LogP) is 2.26. The summed E-state index contributed by atoms with van der Waals surface area (Å²) in [6, 6.07) is 2.88. The fraction of sp³-hybridized carbons (Fsp3) is 0.0909. The van der Waals surface area contributed by atoms with Crippen LogP contribution in [0.15, 0.2) is 24.5 Å². The summed E-state index contributed by atoms with van der Waals surface area (Å²) in [5.41, 5.74) is 1.17. The van der Waals surface area contributed by atoms with Crippen molar-refractivity contribution in [2.45, 2.75) is 6.61 Å². The minimum absolute atomic E-state index is 0.103. The van der Waals surface area contributed by atoms with Crippen LogP contribution in [-0.2, 0) is 4.79 Å². The Morgan fingerprint density at radius 1 is 1.50 bits per heavy atom. The van der Waals surface area contributed by atoms with E-state index < -0.39 is 12.6 Å². The van der Waals surface area contributed by atoms with Crippen LogP contribution in [0.3, 0.4) is 0 Å². The fourth-order valence-corrected chi connectivity index (χ4v) is 1.49. The van der Waals surface area contributed by atoms with E-state index in [-0.39, 0.29) is 11.3 Å². The highest BCUT2D eigenvalue weighted by molar-refractivity contribution is 5.88. The van der Waals surface area contributed by atoms with Gasteiger partial charge in [-0.2, -0.15) is 8.78 Å². The first-order valence-electron chi connectivity index (χ1n) is 4.89.